The smallest absolute Gasteiger partial charge is 0.266 e. The Bertz CT molecular complexity index is 1280. The van der Waals surface area contributed by atoms with Gasteiger partial charge in [0, 0.05) is 41.4 Å². The van der Waals surface area contributed by atoms with Gasteiger partial charge in [-0.3, -0.25) is 9.59 Å². The van der Waals surface area contributed by atoms with Crippen molar-refractivity contribution in [1.82, 2.24) is 9.47 Å². The van der Waals surface area contributed by atoms with Gasteiger partial charge < -0.3 is 19.5 Å². The molecule has 1 aliphatic heterocycles. The Labute approximate surface area is 192 Å². The molecule has 0 aliphatic carbocycles. The van der Waals surface area contributed by atoms with E-state index in [1.54, 1.807) is 11.0 Å². The van der Waals surface area contributed by atoms with Crippen molar-refractivity contribution >= 4 is 34.5 Å². The summed E-state index contributed by atoms with van der Waals surface area (Å²) < 4.78 is 7.20. The molecule has 168 valence electrons. The van der Waals surface area contributed by atoms with Gasteiger partial charge >= 0.3 is 0 Å². The SMILES string of the molecule is Cc1cccc(NC(=O)/C(C#N)=C/c2cn(CC(=O)N3CCOCC3)c3ccccc23)c1C. The molecule has 2 heterocycles. The summed E-state index contributed by atoms with van der Waals surface area (Å²) >= 11 is 0. The summed E-state index contributed by atoms with van der Waals surface area (Å²) in [5.41, 5.74) is 4.29. The lowest BCUT2D eigenvalue weighted by atomic mass is 10.1. The summed E-state index contributed by atoms with van der Waals surface area (Å²) in [7, 11) is 0. The second-order valence-corrected chi connectivity index (χ2v) is 8.09. The van der Waals surface area contributed by atoms with E-state index in [0.717, 1.165) is 22.0 Å². The molecule has 0 atom stereocenters. The monoisotopic (exact) mass is 442 g/mol. The number of rotatable bonds is 5. The molecule has 2 amide bonds. The van der Waals surface area contributed by atoms with Crippen LogP contribution in [0.2, 0.25) is 0 Å². The van der Waals surface area contributed by atoms with Crippen LogP contribution in [0.1, 0.15) is 16.7 Å². The van der Waals surface area contributed by atoms with Crippen molar-refractivity contribution in [3.63, 3.8) is 0 Å². The highest BCUT2D eigenvalue weighted by Gasteiger charge is 2.19. The maximum atomic E-state index is 12.9. The molecule has 1 aliphatic rings. The lowest BCUT2D eigenvalue weighted by molar-refractivity contribution is -0.135. The van der Waals surface area contributed by atoms with Crippen LogP contribution in [0.3, 0.4) is 0 Å². The Balaban J connectivity index is 1.62. The number of nitrogens with one attached hydrogen (secondary N) is 1. The lowest BCUT2D eigenvalue weighted by Gasteiger charge is -2.27. The zero-order valence-corrected chi connectivity index (χ0v) is 18.8. The Morgan fingerprint density at radius 1 is 1.12 bits per heavy atom. The van der Waals surface area contributed by atoms with Crippen LogP contribution in [0.25, 0.3) is 17.0 Å². The van der Waals surface area contributed by atoms with E-state index in [-0.39, 0.29) is 18.0 Å². The second-order valence-electron chi connectivity index (χ2n) is 8.09. The number of hydrogen-bond donors (Lipinski definition) is 1. The van der Waals surface area contributed by atoms with Crippen LogP contribution in [0.5, 0.6) is 0 Å². The van der Waals surface area contributed by atoms with E-state index in [0.29, 0.717) is 37.6 Å². The number of anilines is 1. The van der Waals surface area contributed by atoms with E-state index in [9.17, 15) is 14.9 Å². The summed E-state index contributed by atoms with van der Waals surface area (Å²) in [6, 6.07) is 15.3. The third-order valence-electron chi connectivity index (χ3n) is 6.01. The molecule has 33 heavy (non-hydrogen) atoms. The fourth-order valence-corrected chi connectivity index (χ4v) is 3.96. The lowest BCUT2D eigenvalue weighted by Crippen LogP contribution is -2.42. The van der Waals surface area contributed by atoms with Crippen molar-refractivity contribution in [3.05, 3.63) is 70.9 Å². The predicted octanol–water partition coefficient (Wildman–Crippen LogP) is 3.66. The quantitative estimate of drug-likeness (QED) is 0.483. The van der Waals surface area contributed by atoms with Crippen molar-refractivity contribution < 1.29 is 14.3 Å². The van der Waals surface area contributed by atoms with Crippen LogP contribution in [0.15, 0.2) is 54.2 Å². The molecule has 0 bridgehead atoms. The fourth-order valence-electron chi connectivity index (χ4n) is 3.96. The van der Waals surface area contributed by atoms with Gasteiger partial charge in [-0.15, -0.1) is 0 Å². The zero-order chi connectivity index (χ0) is 23.4. The molecule has 4 rings (SSSR count). The van der Waals surface area contributed by atoms with E-state index in [2.05, 4.69) is 5.32 Å². The average molecular weight is 443 g/mol. The first-order valence-corrected chi connectivity index (χ1v) is 10.9. The van der Waals surface area contributed by atoms with E-state index in [1.807, 2.05) is 73.1 Å². The first kappa shape index (κ1) is 22.3. The molecule has 0 radical (unpaired) electrons. The molecule has 2 aromatic carbocycles. The number of carbonyl (C=O) groups excluding carboxylic acids is 2. The Hall–Kier alpha value is -3.89. The Kier molecular flexibility index (Phi) is 6.57. The topological polar surface area (TPSA) is 87.4 Å². The van der Waals surface area contributed by atoms with E-state index in [4.69, 9.17) is 4.74 Å². The highest BCUT2D eigenvalue weighted by Crippen LogP contribution is 2.25. The molecule has 1 fully saturated rings. The van der Waals surface area contributed by atoms with E-state index < -0.39 is 5.91 Å². The van der Waals surface area contributed by atoms with Gasteiger partial charge in [0.05, 0.1) is 13.2 Å². The minimum atomic E-state index is -0.465. The summed E-state index contributed by atoms with van der Waals surface area (Å²) in [6.45, 7) is 6.36. The van der Waals surface area contributed by atoms with Crippen molar-refractivity contribution in [3.8, 4) is 6.07 Å². The third kappa shape index (κ3) is 4.81. The molecule has 7 nitrogen and oxygen atoms in total. The molecule has 3 aromatic rings. The largest absolute Gasteiger partial charge is 0.378 e. The second kappa shape index (κ2) is 9.72. The van der Waals surface area contributed by atoms with Gasteiger partial charge in [0.25, 0.3) is 5.91 Å². The van der Waals surface area contributed by atoms with Crippen LogP contribution in [0.4, 0.5) is 5.69 Å². The van der Waals surface area contributed by atoms with Gasteiger partial charge in [0.2, 0.25) is 5.91 Å². The molecule has 1 aromatic heterocycles. The maximum Gasteiger partial charge on any atom is 0.266 e. The summed E-state index contributed by atoms with van der Waals surface area (Å²) in [5, 5.41) is 13.4. The van der Waals surface area contributed by atoms with Crippen LogP contribution in [-0.4, -0.2) is 47.6 Å². The molecular weight excluding hydrogens is 416 g/mol. The molecule has 0 saturated carbocycles. The van der Waals surface area contributed by atoms with Crippen LogP contribution < -0.4 is 5.32 Å². The number of nitriles is 1. The number of hydrogen-bond acceptors (Lipinski definition) is 4. The number of benzene rings is 2. The van der Waals surface area contributed by atoms with Crippen molar-refractivity contribution in [2.45, 2.75) is 20.4 Å². The summed E-state index contributed by atoms with van der Waals surface area (Å²) in [6.07, 6.45) is 3.41. The van der Waals surface area contributed by atoms with Crippen LogP contribution >= 0.6 is 0 Å². The zero-order valence-electron chi connectivity index (χ0n) is 18.8. The van der Waals surface area contributed by atoms with Gasteiger partial charge in [-0.05, 0) is 43.2 Å². The number of aryl methyl sites for hydroxylation is 1. The fraction of sp³-hybridized carbons (Fsp3) is 0.269. The number of para-hydroxylation sites is 1. The van der Waals surface area contributed by atoms with Crippen LogP contribution in [0, 0.1) is 25.2 Å². The van der Waals surface area contributed by atoms with Gasteiger partial charge in [-0.2, -0.15) is 5.26 Å². The van der Waals surface area contributed by atoms with Crippen molar-refractivity contribution in [1.29, 1.82) is 5.26 Å². The van der Waals surface area contributed by atoms with Crippen molar-refractivity contribution in [2.75, 3.05) is 31.6 Å². The number of nitrogens with zero attached hydrogens (tertiary/aromatic N) is 3. The molecule has 1 saturated heterocycles. The number of ether oxygens (including phenoxy) is 1. The molecule has 1 N–H and O–H groups in total. The average Bonchev–Trinajstić information content (AvgIpc) is 3.18. The standard InChI is InChI=1S/C26H26N4O3/c1-18-6-5-8-23(19(18)2)28-26(32)20(15-27)14-21-16-30(24-9-4-3-7-22(21)24)17-25(31)29-10-12-33-13-11-29/h3-9,14,16H,10-13,17H2,1-2H3,(H,28,32)/b20-14+. The Morgan fingerprint density at radius 2 is 1.88 bits per heavy atom. The van der Waals surface area contributed by atoms with Gasteiger partial charge in [0.15, 0.2) is 0 Å². The number of morpholine rings is 1. The first-order valence-electron chi connectivity index (χ1n) is 10.9. The van der Waals surface area contributed by atoms with E-state index in [1.165, 1.54) is 0 Å². The van der Waals surface area contributed by atoms with E-state index >= 15 is 0 Å². The first-order chi connectivity index (χ1) is 16.0. The number of carbonyl (C=O) groups is 2. The Morgan fingerprint density at radius 3 is 2.64 bits per heavy atom. The van der Waals surface area contributed by atoms with Crippen LogP contribution in [-0.2, 0) is 20.9 Å². The third-order valence-corrected chi connectivity index (χ3v) is 6.01. The van der Waals surface area contributed by atoms with Gasteiger partial charge in [-0.25, -0.2) is 0 Å². The summed E-state index contributed by atoms with van der Waals surface area (Å²) in [5.74, 6) is -0.449. The summed E-state index contributed by atoms with van der Waals surface area (Å²) in [4.78, 5) is 27.4. The van der Waals surface area contributed by atoms with Crippen molar-refractivity contribution in [2.24, 2.45) is 0 Å². The maximum absolute atomic E-state index is 12.9. The molecule has 0 spiro atoms. The highest BCUT2D eigenvalue weighted by atomic mass is 16.5. The predicted molar refractivity (Wildman–Crippen MR) is 127 cm³/mol. The number of fused-ring (bicyclic) bond motifs is 1. The highest BCUT2D eigenvalue weighted by molar-refractivity contribution is 6.11. The molecule has 7 heteroatoms. The minimum absolute atomic E-state index is 0.00156. The normalized spacial score (nSPS) is 14.2. The number of amides is 2. The van der Waals surface area contributed by atoms with Gasteiger partial charge in [0.1, 0.15) is 18.2 Å². The number of aromatic nitrogens is 1. The molecule has 0 unspecified atom stereocenters. The van der Waals surface area contributed by atoms with Gasteiger partial charge in [-0.1, -0.05) is 30.3 Å². The minimum Gasteiger partial charge on any atom is -0.378 e. The molecular formula is C26H26N4O3.